The lowest BCUT2D eigenvalue weighted by molar-refractivity contribution is -0.121. The topological polar surface area (TPSA) is 84.5 Å². The van der Waals surface area contributed by atoms with Crippen LogP contribution in [0.3, 0.4) is 0 Å². The number of carbonyl (C=O) groups excluding carboxylic acids is 3. The van der Waals surface area contributed by atoms with Crippen molar-refractivity contribution >= 4 is 39.8 Å². The Kier molecular flexibility index (Phi) is 5.14. The number of amides is 2. The molecule has 0 aliphatic carbocycles. The van der Waals surface area contributed by atoms with Gasteiger partial charge in [0.1, 0.15) is 4.88 Å². The summed E-state index contributed by atoms with van der Waals surface area (Å²) in [7, 11) is 1.31. The number of thiophene rings is 1. The molecule has 2 N–H and O–H groups in total. The fourth-order valence-corrected chi connectivity index (χ4v) is 3.61. The van der Waals surface area contributed by atoms with E-state index in [1.54, 1.807) is 12.1 Å². The van der Waals surface area contributed by atoms with E-state index in [0.717, 1.165) is 22.6 Å². The van der Waals surface area contributed by atoms with Crippen molar-refractivity contribution in [1.29, 1.82) is 0 Å². The average molecular weight is 358 g/mol. The predicted molar refractivity (Wildman–Crippen MR) is 95.8 cm³/mol. The summed E-state index contributed by atoms with van der Waals surface area (Å²) in [5, 5.41) is 6.23. The summed E-state index contributed by atoms with van der Waals surface area (Å²) in [5.74, 6) is -0.863. The molecule has 6 nitrogen and oxygen atoms in total. The van der Waals surface area contributed by atoms with Gasteiger partial charge in [0.2, 0.25) is 11.8 Å². The molecule has 0 unspecified atom stereocenters. The number of methoxy groups -OCH3 is 1. The highest BCUT2D eigenvalue weighted by Gasteiger charge is 2.26. The predicted octanol–water partition coefficient (Wildman–Crippen LogP) is 3.06. The second-order valence-electron chi connectivity index (χ2n) is 5.79. The molecule has 2 heterocycles. The van der Waals surface area contributed by atoms with Crippen LogP contribution >= 0.6 is 11.3 Å². The molecule has 2 amide bonds. The van der Waals surface area contributed by atoms with Gasteiger partial charge in [-0.25, -0.2) is 4.79 Å². The van der Waals surface area contributed by atoms with Crippen LogP contribution in [0.25, 0.3) is 0 Å². The van der Waals surface area contributed by atoms with Crippen molar-refractivity contribution in [3.05, 3.63) is 46.8 Å². The number of rotatable bonds is 5. The van der Waals surface area contributed by atoms with Gasteiger partial charge in [-0.3, -0.25) is 9.59 Å². The summed E-state index contributed by atoms with van der Waals surface area (Å²) in [6.07, 6.45) is 1.35. The van der Waals surface area contributed by atoms with Crippen LogP contribution < -0.4 is 10.6 Å². The van der Waals surface area contributed by atoms with Crippen LogP contribution in [0.4, 0.5) is 10.7 Å². The van der Waals surface area contributed by atoms with Gasteiger partial charge in [0, 0.05) is 18.0 Å². The summed E-state index contributed by atoms with van der Waals surface area (Å²) in [6.45, 7) is 0. The quantitative estimate of drug-likeness (QED) is 0.805. The Morgan fingerprint density at radius 3 is 2.88 bits per heavy atom. The van der Waals surface area contributed by atoms with Crippen molar-refractivity contribution in [1.82, 2.24) is 0 Å². The van der Waals surface area contributed by atoms with E-state index >= 15 is 0 Å². The molecule has 1 aliphatic heterocycles. The minimum Gasteiger partial charge on any atom is -0.465 e. The number of hydrogen-bond acceptors (Lipinski definition) is 5. The van der Waals surface area contributed by atoms with Gasteiger partial charge in [0.15, 0.2) is 0 Å². The standard InChI is InChI=1S/C18H18N2O4S/c1-24-18(23)14-7-9-16(25-14)20-15(21)8-6-12-10-11-4-2-3-5-13(11)19-17(12)22/h2-5,7,9,12H,6,8,10H2,1H3,(H,19,22)(H,20,21)/t12-/m1/s1. The Morgan fingerprint density at radius 2 is 2.08 bits per heavy atom. The fourth-order valence-electron chi connectivity index (χ4n) is 2.77. The Labute approximate surface area is 149 Å². The summed E-state index contributed by atoms with van der Waals surface area (Å²) < 4.78 is 4.64. The summed E-state index contributed by atoms with van der Waals surface area (Å²) in [4.78, 5) is 36.1. The van der Waals surface area contributed by atoms with E-state index in [2.05, 4.69) is 15.4 Å². The van der Waals surface area contributed by atoms with Crippen LogP contribution in [0.1, 0.15) is 28.1 Å². The molecular formula is C18H18N2O4S. The van der Waals surface area contributed by atoms with Crippen LogP contribution in [-0.2, 0) is 20.7 Å². The third-order valence-electron chi connectivity index (χ3n) is 4.09. The number of esters is 1. The molecule has 3 rings (SSSR count). The van der Waals surface area contributed by atoms with Crippen molar-refractivity contribution in [2.24, 2.45) is 5.92 Å². The maximum absolute atomic E-state index is 12.1. The van der Waals surface area contributed by atoms with Crippen molar-refractivity contribution in [3.63, 3.8) is 0 Å². The number of benzene rings is 1. The maximum Gasteiger partial charge on any atom is 0.348 e. The number of nitrogens with one attached hydrogen (secondary N) is 2. The number of anilines is 2. The van der Waals surface area contributed by atoms with Crippen LogP contribution in [0.2, 0.25) is 0 Å². The fraction of sp³-hybridized carbons (Fsp3) is 0.278. The van der Waals surface area contributed by atoms with Gasteiger partial charge in [-0.2, -0.15) is 0 Å². The van der Waals surface area contributed by atoms with E-state index < -0.39 is 5.97 Å². The van der Waals surface area contributed by atoms with E-state index in [4.69, 9.17) is 0 Å². The third-order valence-corrected chi connectivity index (χ3v) is 5.07. The van der Waals surface area contributed by atoms with Crippen molar-refractivity contribution in [2.45, 2.75) is 19.3 Å². The van der Waals surface area contributed by atoms with Gasteiger partial charge in [-0.05, 0) is 36.6 Å². The largest absolute Gasteiger partial charge is 0.465 e. The molecule has 2 aromatic rings. The Balaban J connectivity index is 1.53. The normalized spacial score (nSPS) is 15.9. The van der Waals surface area contributed by atoms with Gasteiger partial charge in [-0.1, -0.05) is 18.2 Å². The zero-order valence-electron chi connectivity index (χ0n) is 13.7. The minimum atomic E-state index is -0.428. The van der Waals surface area contributed by atoms with E-state index in [9.17, 15) is 14.4 Å². The average Bonchev–Trinajstić information content (AvgIpc) is 3.07. The minimum absolute atomic E-state index is 0.0457. The summed E-state index contributed by atoms with van der Waals surface area (Å²) >= 11 is 1.16. The third kappa shape index (κ3) is 4.06. The van der Waals surface area contributed by atoms with Gasteiger partial charge in [0.25, 0.3) is 0 Å². The molecule has 1 aromatic heterocycles. The highest BCUT2D eigenvalue weighted by Crippen LogP contribution is 2.28. The molecule has 7 heteroatoms. The zero-order valence-corrected chi connectivity index (χ0v) is 14.5. The smallest absolute Gasteiger partial charge is 0.348 e. The number of para-hydroxylation sites is 1. The molecule has 0 spiro atoms. The highest BCUT2D eigenvalue weighted by molar-refractivity contribution is 7.18. The number of carbonyl (C=O) groups is 3. The molecule has 1 aromatic carbocycles. The van der Waals surface area contributed by atoms with E-state index in [1.807, 2.05) is 24.3 Å². The van der Waals surface area contributed by atoms with Gasteiger partial charge < -0.3 is 15.4 Å². The molecule has 0 saturated carbocycles. The first kappa shape index (κ1) is 17.2. The molecule has 25 heavy (non-hydrogen) atoms. The zero-order chi connectivity index (χ0) is 17.8. The molecule has 0 radical (unpaired) electrons. The van der Waals surface area contributed by atoms with Crippen molar-refractivity contribution in [2.75, 3.05) is 17.7 Å². The van der Waals surface area contributed by atoms with Crippen molar-refractivity contribution < 1.29 is 19.1 Å². The molecule has 1 aliphatic rings. The van der Waals surface area contributed by atoms with E-state index in [0.29, 0.717) is 22.7 Å². The van der Waals surface area contributed by atoms with Crippen LogP contribution in [0.15, 0.2) is 36.4 Å². The first-order valence-corrected chi connectivity index (χ1v) is 8.75. The maximum atomic E-state index is 12.1. The number of ether oxygens (including phenoxy) is 1. The first-order chi connectivity index (χ1) is 12.1. The Morgan fingerprint density at radius 1 is 1.28 bits per heavy atom. The lowest BCUT2D eigenvalue weighted by atomic mass is 9.89. The Hall–Kier alpha value is -2.67. The molecule has 0 saturated heterocycles. The molecular weight excluding hydrogens is 340 g/mol. The van der Waals surface area contributed by atoms with Crippen LogP contribution in [-0.4, -0.2) is 24.9 Å². The summed E-state index contributed by atoms with van der Waals surface area (Å²) in [5.41, 5.74) is 1.94. The lowest BCUT2D eigenvalue weighted by Crippen LogP contribution is -2.30. The molecule has 1 atom stereocenters. The monoisotopic (exact) mass is 358 g/mol. The van der Waals surface area contributed by atoms with Crippen LogP contribution in [0.5, 0.6) is 0 Å². The van der Waals surface area contributed by atoms with Gasteiger partial charge >= 0.3 is 5.97 Å². The number of hydrogen-bond donors (Lipinski definition) is 2. The summed E-state index contributed by atoms with van der Waals surface area (Å²) in [6, 6.07) is 11.0. The molecule has 130 valence electrons. The van der Waals surface area contributed by atoms with Gasteiger partial charge in [-0.15, -0.1) is 11.3 Å². The molecule has 0 bridgehead atoms. The Bertz CT molecular complexity index is 815. The highest BCUT2D eigenvalue weighted by atomic mass is 32.1. The van der Waals surface area contributed by atoms with E-state index in [1.165, 1.54) is 7.11 Å². The van der Waals surface area contributed by atoms with Crippen LogP contribution in [0, 0.1) is 5.92 Å². The lowest BCUT2D eigenvalue weighted by Gasteiger charge is -2.24. The van der Waals surface area contributed by atoms with Crippen molar-refractivity contribution in [3.8, 4) is 0 Å². The van der Waals surface area contributed by atoms with Gasteiger partial charge in [0.05, 0.1) is 12.1 Å². The second kappa shape index (κ2) is 7.48. The number of fused-ring (bicyclic) bond motifs is 1. The van der Waals surface area contributed by atoms with E-state index in [-0.39, 0.29) is 24.2 Å². The first-order valence-electron chi connectivity index (χ1n) is 7.93. The SMILES string of the molecule is COC(=O)c1ccc(NC(=O)CC[C@@H]2Cc3ccccc3NC2=O)s1. The molecule has 0 fully saturated rings. The second-order valence-corrected chi connectivity index (χ2v) is 6.87.